The minimum absolute atomic E-state index is 0.0963. The average molecular weight is 344 g/mol. The van der Waals surface area contributed by atoms with Gasteiger partial charge in [-0.15, -0.1) is 0 Å². The molecule has 0 bridgehead atoms. The van der Waals surface area contributed by atoms with Crippen molar-refractivity contribution < 1.29 is 9.63 Å². The largest absolute Gasteiger partial charge is 0.380 e. The lowest BCUT2D eigenvalue weighted by Gasteiger charge is -2.05. The van der Waals surface area contributed by atoms with Crippen molar-refractivity contribution in [2.45, 2.75) is 0 Å². The number of benzene rings is 2. The van der Waals surface area contributed by atoms with Gasteiger partial charge in [-0.1, -0.05) is 52.1 Å². The van der Waals surface area contributed by atoms with Gasteiger partial charge < -0.3 is 10.6 Å². The first-order chi connectivity index (χ1) is 9.99. The van der Waals surface area contributed by atoms with E-state index in [4.69, 9.17) is 45.4 Å². The van der Waals surface area contributed by atoms with E-state index in [-0.39, 0.29) is 11.4 Å². The molecule has 0 unspecified atom stereocenters. The van der Waals surface area contributed by atoms with Crippen molar-refractivity contribution in [1.29, 1.82) is 0 Å². The van der Waals surface area contributed by atoms with Crippen molar-refractivity contribution >= 4 is 46.6 Å². The number of nitrogens with two attached hydrogens (primary N) is 1. The van der Waals surface area contributed by atoms with Gasteiger partial charge >= 0.3 is 5.97 Å². The smallest absolute Gasteiger partial charge is 0.365 e. The highest BCUT2D eigenvalue weighted by atomic mass is 35.5. The molecule has 0 amide bonds. The first-order valence-electron chi connectivity index (χ1n) is 5.74. The second kappa shape index (κ2) is 6.80. The molecule has 2 N–H and O–H groups in total. The van der Waals surface area contributed by atoms with Crippen LogP contribution in [0, 0.1) is 0 Å². The zero-order valence-corrected chi connectivity index (χ0v) is 12.8. The normalized spacial score (nSPS) is 11.3. The Kier molecular flexibility index (Phi) is 5.07. The molecule has 0 radical (unpaired) electrons. The van der Waals surface area contributed by atoms with Crippen molar-refractivity contribution in [1.82, 2.24) is 0 Å². The molecule has 0 aliphatic carbocycles. The minimum Gasteiger partial charge on any atom is -0.380 e. The zero-order valence-electron chi connectivity index (χ0n) is 10.5. The first-order valence-corrected chi connectivity index (χ1v) is 6.87. The molecule has 0 saturated heterocycles. The van der Waals surface area contributed by atoms with E-state index in [0.29, 0.717) is 20.6 Å². The molecule has 0 saturated carbocycles. The van der Waals surface area contributed by atoms with Crippen LogP contribution in [0.4, 0.5) is 0 Å². The van der Waals surface area contributed by atoms with Crippen LogP contribution in [0.25, 0.3) is 0 Å². The van der Waals surface area contributed by atoms with Crippen molar-refractivity contribution in [3.8, 4) is 0 Å². The van der Waals surface area contributed by atoms with Gasteiger partial charge in [0.15, 0.2) is 5.84 Å². The first kappa shape index (κ1) is 15.6. The van der Waals surface area contributed by atoms with Gasteiger partial charge in [0.05, 0.1) is 21.2 Å². The predicted molar refractivity (Wildman–Crippen MR) is 84.1 cm³/mol. The summed E-state index contributed by atoms with van der Waals surface area (Å²) in [5, 5.41) is 4.58. The number of carbonyl (C=O) groups excluding carboxylic acids is 1. The van der Waals surface area contributed by atoms with E-state index in [1.54, 1.807) is 36.4 Å². The number of oxime groups is 1. The van der Waals surface area contributed by atoms with Crippen LogP contribution in [0.1, 0.15) is 15.9 Å². The van der Waals surface area contributed by atoms with Crippen LogP contribution >= 0.6 is 34.8 Å². The molecular weight excluding hydrogens is 335 g/mol. The summed E-state index contributed by atoms with van der Waals surface area (Å²) in [6.07, 6.45) is 0. The second-order valence-electron chi connectivity index (χ2n) is 3.96. The van der Waals surface area contributed by atoms with Crippen molar-refractivity contribution in [3.63, 3.8) is 0 Å². The number of hydrogen-bond donors (Lipinski definition) is 1. The predicted octanol–water partition coefficient (Wildman–Crippen LogP) is 4.12. The molecule has 7 heteroatoms. The van der Waals surface area contributed by atoms with Crippen molar-refractivity contribution in [3.05, 3.63) is 68.7 Å². The Hall–Kier alpha value is -1.75. The van der Waals surface area contributed by atoms with Gasteiger partial charge in [0, 0.05) is 5.02 Å². The molecule has 0 spiro atoms. The molecule has 21 heavy (non-hydrogen) atoms. The lowest BCUT2D eigenvalue weighted by atomic mass is 10.2. The Bertz CT molecular complexity index is 697. The SMILES string of the molecule is N/C(=N\OC(=O)c1cccc(Cl)c1)c1c(Cl)cccc1Cl. The number of nitrogens with zero attached hydrogens (tertiary/aromatic N) is 1. The van der Waals surface area contributed by atoms with Gasteiger partial charge in [-0.05, 0) is 30.3 Å². The molecule has 0 aliphatic rings. The summed E-state index contributed by atoms with van der Waals surface area (Å²) in [5.41, 5.74) is 6.29. The maximum absolute atomic E-state index is 11.8. The van der Waals surface area contributed by atoms with Gasteiger partial charge in [-0.3, -0.25) is 0 Å². The summed E-state index contributed by atoms with van der Waals surface area (Å²) < 4.78 is 0. The monoisotopic (exact) mass is 342 g/mol. The number of halogens is 3. The lowest BCUT2D eigenvalue weighted by molar-refractivity contribution is 0.0516. The highest BCUT2D eigenvalue weighted by molar-refractivity contribution is 6.39. The average Bonchev–Trinajstić information content (AvgIpc) is 2.44. The third-order valence-electron chi connectivity index (χ3n) is 2.51. The van der Waals surface area contributed by atoms with E-state index in [0.717, 1.165) is 0 Å². The highest BCUT2D eigenvalue weighted by Crippen LogP contribution is 2.24. The summed E-state index contributed by atoms with van der Waals surface area (Å²) in [6, 6.07) is 11.1. The van der Waals surface area contributed by atoms with E-state index in [1.165, 1.54) is 6.07 Å². The lowest BCUT2D eigenvalue weighted by Crippen LogP contribution is -2.16. The molecule has 4 nitrogen and oxygen atoms in total. The Labute approximate surface area is 136 Å². The standard InChI is InChI=1S/C14H9Cl3N2O2/c15-9-4-1-3-8(7-9)14(20)21-19-13(18)12-10(16)5-2-6-11(12)17/h1-7H,(H2,18,19). The Morgan fingerprint density at radius 3 is 2.29 bits per heavy atom. The fourth-order valence-electron chi connectivity index (χ4n) is 1.55. The van der Waals surface area contributed by atoms with Gasteiger partial charge in [0.25, 0.3) is 0 Å². The fraction of sp³-hybridized carbons (Fsp3) is 0. The molecule has 2 rings (SSSR count). The summed E-state index contributed by atoms with van der Waals surface area (Å²) in [6.45, 7) is 0. The van der Waals surface area contributed by atoms with Crippen LogP contribution in [0.5, 0.6) is 0 Å². The number of amidine groups is 1. The summed E-state index contributed by atoms with van der Waals surface area (Å²) >= 11 is 17.7. The van der Waals surface area contributed by atoms with Gasteiger partial charge in [0.2, 0.25) is 0 Å². The quantitative estimate of drug-likeness (QED) is 0.394. The molecule has 0 heterocycles. The van der Waals surface area contributed by atoms with Gasteiger partial charge in [-0.25, -0.2) is 4.79 Å². The topological polar surface area (TPSA) is 64.7 Å². The van der Waals surface area contributed by atoms with Crippen LogP contribution in [0.2, 0.25) is 15.1 Å². The van der Waals surface area contributed by atoms with Crippen LogP contribution in [-0.2, 0) is 4.84 Å². The Balaban J connectivity index is 2.19. The highest BCUT2D eigenvalue weighted by Gasteiger charge is 2.12. The van der Waals surface area contributed by atoms with Crippen LogP contribution in [0.15, 0.2) is 47.6 Å². The number of hydrogen-bond acceptors (Lipinski definition) is 3. The Morgan fingerprint density at radius 2 is 1.67 bits per heavy atom. The zero-order chi connectivity index (χ0) is 15.4. The molecule has 0 aliphatic heterocycles. The van der Waals surface area contributed by atoms with E-state index >= 15 is 0 Å². The van der Waals surface area contributed by atoms with E-state index in [1.807, 2.05) is 0 Å². The Morgan fingerprint density at radius 1 is 1.05 bits per heavy atom. The molecular formula is C14H9Cl3N2O2. The molecule has 2 aromatic carbocycles. The van der Waals surface area contributed by atoms with E-state index < -0.39 is 5.97 Å². The number of rotatable bonds is 3. The summed E-state index contributed by atoms with van der Waals surface area (Å²) in [5.74, 6) is -0.787. The molecule has 108 valence electrons. The molecule has 0 aromatic heterocycles. The molecule has 2 aromatic rings. The second-order valence-corrected chi connectivity index (χ2v) is 5.21. The van der Waals surface area contributed by atoms with E-state index in [2.05, 4.69) is 5.16 Å². The van der Waals surface area contributed by atoms with E-state index in [9.17, 15) is 4.79 Å². The third-order valence-corrected chi connectivity index (χ3v) is 3.37. The van der Waals surface area contributed by atoms with Gasteiger partial charge in [-0.2, -0.15) is 0 Å². The van der Waals surface area contributed by atoms with Crippen molar-refractivity contribution in [2.24, 2.45) is 10.9 Å². The number of carbonyl (C=O) groups is 1. The molecule has 0 atom stereocenters. The van der Waals surface area contributed by atoms with Crippen LogP contribution in [0.3, 0.4) is 0 Å². The third kappa shape index (κ3) is 3.88. The fourth-order valence-corrected chi connectivity index (χ4v) is 2.33. The minimum atomic E-state index is -0.691. The van der Waals surface area contributed by atoms with Crippen molar-refractivity contribution in [2.75, 3.05) is 0 Å². The maximum Gasteiger partial charge on any atom is 0.365 e. The summed E-state index contributed by atoms with van der Waals surface area (Å²) in [4.78, 5) is 16.6. The van der Waals surface area contributed by atoms with Gasteiger partial charge in [0.1, 0.15) is 0 Å². The van der Waals surface area contributed by atoms with Crippen LogP contribution < -0.4 is 5.73 Å². The van der Waals surface area contributed by atoms with Crippen LogP contribution in [-0.4, -0.2) is 11.8 Å². The molecule has 0 fully saturated rings. The summed E-state index contributed by atoms with van der Waals surface area (Å²) in [7, 11) is 0. The maximum atomic E-state index is 11.8.